The molecule has 0 fully saturated rings. The van der Waals surface area contributed by atoms with Crippen molar-refractivity contribution >= 4 is 34.2 Å². The van der Waals surface area contributed by atoms with Crippen LogP contribution >= 0.6 is 24.0 Å². The lowest BCUT2D eigenvalue weighted by atomic mass is 10.5. The van der Waals surface area contributed by atoms with E-state index in [0.717, 1.165) is 0 Å². The van der Waals surface area contributed by atoms with Gasteiger partial charge in [0.15, 0.2) is 0 Å². The second-order valence-electron chi connectivity index (χ2n) is 1.38. The van der Waals surface area contributed by atoms with Crippen LogP contribution in [0.2, 0.25) is 0 Å². The Morgan fingerprint density at radius 2 is 2.11 bits per heavy atom. The summed E-state index contributed by atoms with van der Waals surface area (Å²) in [5.41, 5.74) is 9.96. The van der Waals surface area contributed by atoms with Gasteiger partial charge in [0.25, 0.3) is 0 Å². The highest BCUT2D eigenvalue weighted by Gasteiger charge is 1.94. The molecule has 0 saturated carbocycles. The first-order valence-electron chi connectivity index (χ1n) is 2.33. The topological polar surface area (TPSA) is 69.1 Å². The second kappa shape index (κ2) is 4.58. The van der Waals surface area contributed by atoms with E-state index in [1.165, 1.54) is 11.8 Å². The van der Waals surface area contributed by atoms with Crippen LogP contribution in [-0.4, -0.2) is 16.0 Å². The van der Waals surface area contributed by atoms with E-state index in [4.69, 9.17) is 11.5 Å². The lowest BCUT2D eigenvalue weighted by Gasteiger charge is -1.93. The minimum atomic E-state index is -0.321. The Morgan fingerprint density at radius 1 is 1.56 bits per heavy atom. The van der Waals surface area contributed by atoms with Gasteiger partial charge < -0.3 is 11.5 Å². The van der Waals surface area contributed by atoms with Gasteiger partial charge in [-0.3, -0.25) is 4.79 Å². The second-order valence-corrected chi connectivity index (χ2v) is 3.22. The highest BCUT2D eigenvalue weighted by atomic mass is 32.2. The number of thioether (sulfide) groups is 1. The Kier molecular flexibility index (Phi) is 4.43. The summed E-state index contributed by atoms with van der Waals surface area (Å²) in [5.74, 6) is 0.267. The first-order valence-corrected chi connectivity index (χ1v) is 3.73. The smallest absolute Gasteiger partial charge is 0.218 e. The molecule has 9 heavy (non-hydrogen) atoms. The third-order valence-corrected chi connectivity index (χ3v) is 1.64. The van der Waals surface area contributed by atoms with Crippen molar-refractivity contribution in [3.05, 3.63) is 0 Å². The van der Waals surface area contributed by atoms with Gasteiger partial charge in [0, 0.05) is 12.2 Å². The van der Waals surface area contributed by atoms with E-state index in [2.05, 4.69) is 12.2 Å². The number of carbonyl (C=O) groups is 1. The van der Waals surface area contributed by atoms with Crippen molar-refractivity contribution in [2.24, 2.45) is 11.5 Å². The molecular formula is C4H8N2OS2. The summed E-state index contributed by atoms with van der Waals surface area (Å²) in [5, 5.41) is 0. The van der Waals surface area contributed by atoms with Gasteiger partial charge in [0.1, 0.15) is 4.32 Å². The zero-order valence-electron chi connectivity index (χ0n) is 4.79. The number of nitrogens with two attached hydrogens (primary N) is 2. The molecule has 0 heterocycles. The molecule has 0 aromatic carbocycles. The summed E-state index contributed by atoms with van der Waals surface area (Å²) >= 11 is 5.80. The molecular weight excluding hydrogens is 156 g/mol. The predicted molar refractivity (Wildman–Crippen MR) is 43.1 cm³/mol. The minimum Gasteiger partial charge on any atom is -0.385 e. The Morgan fingerprint density at radius 3 is 2.44 bits per heavy atom. The van der Waals surface area contributed by atoms with Gasteiger partial charge in [-0.05, 0) is 0 Å². The summed E-state index contributed by atoms with van der Waals surface area (Å²) in [7, 11) is 0. The summed E-state index contributed by atoms with van der Waals surface area (Å²) in [4.78, 5) is 10.1. The molecule has 0 saturated heterocycles. The van der Waals surface area contributed by atoms with Crippen molar-refractivity contribution in [2.45, 2.75) is 6.42 Å². The van der Waals surface area contributed by atoms with Crippen LogP contribution in [0.25, 0.3) is 0 Å². The largest absolute Gasteiger partial charge is 0.385 e. The zero-order valence-corrected chi connectivity index (χ0v) is 6.43. The molecule has 0 aliphatic carbocycles. The predicted octanol–water partition coefficient (Wildman–Crippen LogP) is -0.161. The molecule has 0 aliphatic heterocycles. The molecule has 0 bridgehead atoms. The van der Waals surface area contributed by atoms with Crippen LogP contribution in [-0.2, 0) is 4.79 Å². The Labute approximate surface area is 63.2 Å². The van der Waals surface area contributed by atoms with Gasteiger partial charge in [-0.1, -0.05) is 24.0 Å². The molecule has 52 valence electrons. The van der Waals surface area contributed by atoms with E-state index in [0.29, 0.717) is 16.5 Å². The van der Waals surface area contributed by atoms with Crippen molar-refractivity contribution in [3.63, 3.8) is 0 Å². The number of amides is 1. The maximum absolute atomic E-state index is 10.1. The van der Waals surface area contributed by atoms with Gasteiger partial charge in [-0.2, -0.15) is 0 Å². The van der Waals surface area contributed by atoms with Crippen LogP contribution in [0.15, 0.2) is 0 Å². The van der Waals surface area contributed by atoms with E-state index >= 15 is 0 Å². The fourth-order valence-corrected chi connectivity index (χ4v) is 1.01. The normalized spacial score (nSPS) is 8.89. The Hall–Kier alpha value is -0.290. The maximum atomic E-state index is 10.1. The fourth-order valence-electron chi connectivity index (χ4n) is 0.252. The molecule has 3 nitrogen and oxygen atoms in total. The molecule has 0 unspecified atom stereocenters. The van der Waals surface area contributed by atoms with Crippen molar-refractivity contribution in [1.82, 2.24) is 0 Å². The number of rotatable bonds is 3. The quantitative estimate of drug-likeness (QED) is 0.569. The number of thiocarbonyl (C=S) groups is 1. The monoisotopic (exact) mass is 164 g/mol. The molecule has 5 heteroatoms. The van der Waals surface area contributed by atoms with Crippen LogP contribution in [0.3, 0.4) is 0 Å². The van der Waals surface area contributed by atoms with Crippen molar-refractivity contribution in [3.8, 4) is 0 Å². The van der Waals surface area contributed by atoms with Crippen LogP contribution < -0.4 is 11.5 Å². The number of carbonyl (C=O) groups excluding carboxylic acids is 1. The molecule has 0 atom stereocenters. The maximum Gasteiger partial charge on any atom is 0.218 e. The molecule has 0 radical (unpaired) electrons. The van der Waals surface area contributed by atoms with Gasteiger partial charge in [0.2, 0.25) is 5.91 Å². The average Bonchev–Trinajstić information content (AvgIpc) is 1.63. The van der Waals surface area contributed by atoms with E-state index in [9.17, 15) is 4.79 Å². The SMILES string of the molecule is NC(=O)CCSC(N)=S. The van der Waals surface area contributed by atoms with Crippen LogP contribution in [0.4, 0.5) is 0 Å². The summed E-state index contributed by atoms with van der Waals surface area (Å²) < 4.78 is 0.358. The third-order valence-electron chi connectivity index (χ3n) is 0.593. The fraction of sp³-hybridized carbons (Fsp3) is 0.500. The van der Waals surface area contributed by atoms with E-state index in [1.54, 1.807) is 0 Å². The molecule has 0 aromatic heterocycles. The van der Waals surface area contributed by atoms with Gasteiger partial charge in [-0.25, -0.2) is 0 Å². The lowest BCUT2D eigenvalue weighted by molar-refractivity contribution is -0.117. The Bertz CT molecular complexity index is 112. The van der Waals surface area contributed by atoms with Crippen LogP contribution in [0.1, 0.15) is 6.42 Å². The average molecular weight is 164 g/mol. The number of hydrogen-bond acceptors (Lipinski definition) is 3. The third kappa shape index (κ3) is 7.71. The number of primary amides is 1. The van der Waals surface area contributed by atoms with E-state index < -0.39 is 0 Å². The van der Waals surface area contributed by atoms with Gasteiger partial charge in [-0.15, -0.1) is 0 Å². The standard InChI is InChI=1S/C4H8N2OS2/c5-3(7)1-2-9-4(6)8/h1-2H2,(H2,5,7)(H2,6,8). The number of hydrogen-bond donors (Lipinski definition) is 2. The van der Waals surface area contributed by atoms with Gasteiger partial charge >= 0.3 is 0 Å². The molecule has 4 N–H and O–H groups in total. The van der Waals surface area contributed by atoms with Crippen LogP contribution in [0, 0.1) is 0 Å². The van der Waals surface area contributed by atoms with Crippen molar-refractivity contribution in [1.29, 1.82) is 0 Å². The molecule has 0 aromatic rings. The van der Waals surface area contributed by atoms with Crippen molar-refractivity contribution < 1.29 is 4.79 Å². The van der Waals surface area contributed by atoms with Gasteiger partial charge in [0.05, 0.1) is 0 Å². The highest BCUT2D eigenvalue weighted by molar-refractivity contribution is 8.22. The first-order chi connectivity index (χ1) is 4.13. The molecule has 0 rings (SSSR count). The van der Waals surface area contributed by atoms with Crippen LogP contribution in [0.5, 0.6) is 0 Å². The molecule has 0 aliphatic rings. The minimum absolute atomic E-state index is 0.321. The summed E-state index contributed by atoms with van der Waals surface area (Å²) in [6, 6.07) is 0. The lowest BCUT2D eigenvalue weighted by Crippen LogP contribution is -2.12. The molecule has 0 spiro atoms. The zero-order chi connectivity index (χ0) is 7.28. The summed E-state index contributed by atoms with van der Waals surface area (Å²) in [6.45, 7) is 0. The van der Waals surface area contributed by atoms with Crippen molar-refractivity contribution in [2.75, 3.05) is 5.75 Å². The molecule has 1 amide bonds. The summed E-state index contributed by atoms with van der Waals surface area (Å²) in [6.07, 6.45) is 0.335. The van der Waals surface area contributed by atoms with E-state index in [1.807, 2.05) is 0 Å². The highest BCUT2D eigenvalue weighted by Crippen LogP contribution is 2.00. The Balaban J connectivity index is 3.10. The van der Waals surface area contributed by atoms with E-state index in [-0.39, 0.29) is 5.91 Å². The first kappa shape index (κ1) is 8.71.